The van der Waals surface area contributed by atoms with Crippen LogP contribution in [0, 0.1) is 0 Å². The van der Waals surface area contributed by atoms with Crippen molar-refractivity contribution in [2.45, 2.75) is 40.2 Å². The Bertz CT molecular complexity index is 584. The molecule has 0 atom stereocenters. The number of hydrogen-bond acceptors (Lipinski definition) is 2. The van der Waals surface area contributed by atoms with E-state index in [4.69, 9.17) is 0 Å². The minimum Gasteiger partial charge on any atom is -0.298 e. The van der Waals surface area contributed by atoms with Gasteiger partial charge in [-0.2, -0.15) is 5.10 Å². The van der Waals surface area contributed by atoms with Crippen LogP contribution in [0.15, 0.2) is 30.3 Å². The van der Waals surface area contributed by atoms with Gasteiger partial charge in [0.25, 0.3) is 0 Å². The monoisotopic (exact) mass is 256 g/mol. The zero-order valence-electron chi connectivity index (χ0n) is 11.8. The second-order valence-corrected chi connectivity index (χ2v) is 4.79. The van der Waals surface area contributed by atoms with Gasteiger partial charge in [-0.1, -0.05) is 32.0 Å². The van der Waals surface area contributed by atoms with Crippen LogP contribution in [0.2, 0.25) is 0 Å². The molecule has 0 amide bonds. The van der Waals surface area contributed by atoms with Crippen molar-refractivity contribution in [1.29, 1.82) is 0 Å². The number of benzene rings is 1. The van der Waals surface area contributed by atoms with Gasteiger partial charge < -0.3 is 0 Å². The Labute approximate surface area is 114 Å². The Morgan fingerprint density at radius 1 is 1.21 bits per heavy atom. The molecule has 19 heavy (non-hydrogen) atoms. The Morgan fingerprint density at radius 3 is 2.63 bits per heavy atom. The van der Waals surface area contributed by atoms with Gasteiger partial charge in [0, 0.05) is 11.3 Å². The maximum atomic E-state index is 11.3. The van der Waals surface area contributed by atoms with E-state index in [1.165, 1.54) is 5.56 Å². The highest BCUT2D eigenvalue weighted by atomic mass is 16.1. The number of carbonyl (C=O) groups is 1. The quantitative estimate of drug-likeness (QED) is 0.823. The van der Waals surface area contributed by atoms with E-state index in [9.17, 15) is 4.79 Å². The number of nitrogens with zero attached hydrogens (tertiary/aromatic N) is 2. The molecule has 0 aliphatic heterocycles. The van der Waals surface area contributed by atoms with Gasteiger partial charge >= 0.3 is 0 Å². The van der Waals surface area contributed by atoms with E-state index in [-0.39, 0.29) is 5.78 Å². The topological polar surface area (TPSA) is 34.9 Å². The van der Waals surface area contributed by atoms with Crippen LogP contribution in [0.1, 0.15) is 32.0 Å². The zero-order chi connectivity index (χ0) is 13.8. The molecule has 0 spiro atoms. The van der Waals surface area contributed by atoms with Crippen molar-refractivity contribution in [3.05, 3.63) is 41.6 Å². The second kappa shape index (κ2) is 5.83. The molecule has 100 valence electrons. The second-order valence-electron chi connectivity index (χ2n) is 4.79. The predicted octanol–water partition coefficient (Wildman–Crippen LogP) is 3.26. The zero-order valence-corrected chi connectivity index (χ0v) is 11.8. The van der Waals surface area contributed by atoms with Gasteiger partial charge in [-0.15, -0.1) is 0 Å². The summed E-state index contributed by atoms with van der Waals surface area (Å²) in [5.74, 6) is 0.131. The van der Waals surface area contributed by atoms with Crippen LogP contribution in [0.5, 0.6) is 0 Å². The standard InChI is InChI=1S/C16H20N2O/c1-4-13-7-6-8-14(9-13)16-10-15(5-2)18(17-16)11-12(3)19/h6-10H,4-5,11H2,1-3H3. The van der Waals surface area contributed by atoms with Gasteiger partial charge in [-0.05, 0) is 37.5 Å². The molecule has 0 fully saturated rings. The van der Waals surface area contributed by atoms with Gasteiger partial charge in [-0.25, -0.2) is 0 Å². The molecule has 0 aliphatic rings. The van der Waals surface area contributed by atoms with Crippen molar-refractivity contribution in [2.24, 2.45) is 0 Å². The highest BCUT2D eigenvalue weighted by molar-refractivity contribution is 5.75. The molecule has 0 unspecified atom stereocenters. The van der Waals surface area contributed by atoms with E-state index in [0.717, 1.165) is 29.8 Å². The minimum absolute atomic E-state index is 0.131. The number of rotatable bonds is 5. The van der Waals surface area contributed by atoms with E-state index in [1.807, 2.05) is 4.68 Å². The summed E-state index contributed by atoms with van der Waals surface area (Å²) in [4.78, 5) is 11.3. The van der Waals surface area contributed by atoms with Crippen LogP contribution in [0.25, 0.3) is 11.3 Å². The number of ketones is 1. The molecule has 0 aliphatic carbocycles. The van der Waals surface area contributed by atoms with Gasteiger partial charge in [0.05, 0.1) is 12.2 Å². The first-order valence-corrected chi connectivity index (χ1v) is 6.79. The third-order valence-electron chi connectivity index (χ3n) is 3.23. The highest BCUT2D eigenvalue weighted by Crippen LogP contribution is 2.21. The first kappa shape index (κ1) is 13.5. The van der Waals surface area contributed by atoms with Crippen LogP contribution >= 0.6 is 0 Å². The van der Waals surface area contributed by atoms with Crippen molar-refractivity contribution in [1.82, 2.24) is 9.78 Å². The van der Waals surface area contributed by atoms with E-state index in [2.05, 4.69) is 49.3 Å². The molecule has 1 aromatic heterocycles. The summed E-state index contributed by atoms with van der Waals surface area (Å²) < 4.78 is 1.82. The first-order valence-electron chi connectivity index (χ1n) is 6.79. The molecule has 0 saturated heterocycles. The summed E-state index contributed by atoms with van der Waals surface area (Å²) in [6, 6.07) is 10.5. The fraction of sp³-hybridized carbons (Fsp3) is 0.375. The molecule has 1 heterocycles. The van der Waals surface area contributed by atoms with E-state index < -0.39 is 0 Å². The Morgan fingerprint density at radius 2 is 2.00 bits per heavy atom. The van der Waals surface area contributed by atoms with E-state index >= 15 is 0 Å². The summed E-state index contributed by atoms with van der Waals surface area (Å²) in [6.45, 7) is 6.18. The van der Waals surface area contributed by atoms with Crippen LogP contribution in [-0.4, -0.2) is 15.6 Å². The lowest BCUT2D eigenvalue weighted by molar-refractivity contribution is -0.117. The highest BCUT2D eigenvalue weighted by Gasteiger charge is 2.09. The summed E-state index contributed by atoms with van der Waals surface area (Å²) in [5, 5.41) is 4.56. The van der Waals surface area contributed by atoms with Gasteiger partial charge in [0.2, 0.25) is 0 Å². The van der Waals surface area contributed by atoms with Gasteiger partial charge in [-0.3, -0.25) is 9.48 Å². The average Bonchev–Trinajstić information content (AvgIpc) is 2.81. The van der Waals surface area contributed by atoms with Crippen molar-refractivity contribution >= 4 is 5.78 Å². The minimum atomic E-state index is 0.131. The Kier molecular flexibility index (Phi) is 4.15. The number of hydrogen-bond donors (Lipinski definition) is 0. The van der Waals surface area contributed by atoms with Crippen LogP contribution in [-0.2, 0) is 24.2 Å². The van der Waals surface area contributed by atoms with Crippen LogP contribution < -0.4 is 0 Å². The lowest BCUT2D eigenvalue weighted by atomic mass is 10.1. The number of aryl methyl sites for hydroxylation is 2. The molecule has 0 N–H and O–H groups in total. The summed E-state index contributed by atoms with van der Waals surface area (Å²) >= 11 is 0. The van der Waals surface area contributed by atoms with Crippen molar-refractivity contribution in [3.63, 3.8) is 0 Å². The first-order chi connectivity index (χ1) is 9.13. The fourth-order valence-electron chi connectivity index (χ4n) is 2.18. The maximum Gasteiger partial charge on any atom is 0.151 e. The fourth-order valence-corrected chi connectivity index (χ4v) is 2.18. The molecule has 1 aromatic carbocycles. The Balaban J connectivity index is 2.39. The third-order valence-corrected chi connectivity index (χ3v) is 3.23. The lowest BCUT2D eigenvalue weighted by Crippen LogP contribution is -2.10. The SMILES string of the molecule is CCc1cccc(-c2cc(CC)n(CC(C)=O)n2)c1. The number of carbonyl (C=O) groups excluding carboxylic acids is 1. The Hall–Kier alpha value is -1.90. The average molecular weight is 256 g/mol. The summed E-state index contributed by atoms with van der Waals surface area (Å²) in [5.41, 5.74) is 4.48. The van der Waals surface area contributed by atoms with Crippen molar-refractivity contribution < 1.29 is 4.79 Å². The molecule has 2 rings (SSSR count). The van der Waals surface area contributed by atoms with Crippen LogP contribution in [0.4, 0.5) is 0 Å². The normalized spacial score (nSPS) is 10.7. The van der Waals surface area contributed by atoms with E-state index in [1.54, 1.807) is 6.92 Å². The number of Topliss-reactive ketones (excluding diaryl/α,β-unsaturated/α-hetero) is 1. The molecule has 0 bridgehead atoms. The van der Waals surface area contributed by atoms with E-state index in [0.29, 0.717) is 6.54 Å². The van der Waals surface area contributed by atoms with Crippen LogP contribution in [0.3, 0.4) is 0 Å². The molecular weight excluding hydrogens is 236 g/mol. The molecule has 3 heteroatoms. The number of aromatic nitrogens is 2. The summed E-state index contributed by atoms with van der Waals surface area (Å²) in [6.07, 6.45) is 1.90. The maximum absolute atomic E-state index is 11.3. The molecular formula is C16H20N2O. The molecule has 0 radical (unpaired) electrons. The molecule has 0 saturated carbocycles. The lowest BCUT2D eigenvalue weighted by Gasteiger charge is -2.02. The van der Waals surface area contributed by atoms with Gasteiger partial charge in [0.1, 0.15) is 0 Å². The summed E-state index contributed by atoms with van der Waals surface area (Å²) in [7, 11) is 0. The molecule has 2 aromatic rings. The third kappa shape index (κ3) is 3.11. The van der Waals surface area contributed by atoms with Gasteiger partial charge in [0.15, 0.2) is 5.78 Å². The molecule has 3 nitrogen and oxygen atoms in total. The van der Waals surface area contributed by atoms with Crippen molar-refractivity contribution in [3.8, 4) is 11.3 Å². The smallest absolute Gasteiger partial charge is 0.151 e. The largest absolute Gasteiger partial charge is 0.298 e. The predicted molar refractivity (Wildman–Crippen MR) is 77.1 cm³/mol. The van der Waals surface area contributed by atoms with Crippen molar-refractivity contribution in [2.75, 3.05) is 0 Å².